The summed E-state index contributed by atoms with van der Waals surface area (Å²) in [7, 11) is 0. The van der Waals surface area contributed by atoms with Crippen LogP contribution in [-0.2, 0) is 17.8 Å². The second-order valence-electron chi connectivity index (χ2n) is 4.85. The number of hydrogen-bond donors (Lipinski definition) is 1. The summed E-state index contributed by atoms with van der Waals surface area (Å²) in [4.78, 5) is 34.4. The maximum absolute atomic E-state index is 12.4. The number of fused-ring (bicyclic) bond motifs is 1. The van der Waals surface area contributed by atoms with E-state index in [9.17, 15) is 9.59 Å². The molecule has 118 valence electrons. The highest BCUT2D eigenvalue weighted by atomic mass is 35.5. The molecule has 0 unspecified atom stereocenters. The van der Waals surface area contributed by atoms with Crippen molar-refractivity contribution in [2.45, 2.75) is 19.9 Å². The minimum absolute atomic E-state index is 0.135. The van der Waals surface area contributed by atoms with Crippen LogP contribution in [0.5, 0.6) is 0 Å². The van der Waals surface area contributed by atoms with Gasteiger partial charge < -0.3 is 5.32 Å². The van der Waals surface area contributed by atoms with Crippen LogP contribution in [0.2, 0.25) is 5.15 Å². The number of carbonyl (C=O) groups excluding carboxylic acids is 1. The maximum Gasteiger partial charge on any atom is 0.262 e. The van der Waals surface area contributed by atoms with Crippen LogP contribution in [0, 0.1) is 0 Å². The molecule has 1 amide bonds. The zero-order valence-electron chi connectivity index (χ0n) is 12.2. The number of aryl methyl sites for hydroxylation is 1. The summed E-state index contributed by atoms with van der Waals surface area (Å²) in [6, 6.07) is 5.14. The van der Waals surface area contributed by atoms with Crippen LogP contribution in [0.15, 0.2) is 35.5 Å². The minimum atomic E-state index is -0.367. The second kappa shape index (κ2) is 6.47. The van der Waals surface area contributed by atoms with Crippen LogP contribution in [0.3, 0.4) is 0 Å². The maximum atomic E-state index is 12.4. The quantitative estimate of drug-likeness (QED) is 0.735. The molecule has 0 spiro atoms. The van der Waals surface area contributed by atoms with E-state index in [4.69, 9.17) is 11.6 Å². The summed E-state index contributed by atoms with van der Waals surface area (Å²) in [6.07, 6.45) is 3.77. The Bertz CT molecular complexity index is 935. The Morgan fingerprint density at radius 3 is 3.00 bits per heavy atom. The molecule has 0 fully saturated rings. The number of nitrogens with zero attached hydrogens (tertiary/aromatic N) is 3. The molecule has 0 bridgehead atoms. The van der Waals surface area contributed by atoms with Gasteiger partial charge in [0.2, 0.25) is 5.91 Å². The first-order valence-electron chi connectivity index (χ1n) is 6.96. The Morgan fingerprint density at radius 1 is 1.43 bits per heavy atom. The molecule has 8 heteroatoms. The van der Waals surface area contributed by atoms with Crippen LogP contribution < -0.4 is 10.9 Å². The first-order chi connectivity index (χ1) is 11.1. The van der Waals surface area contributed by atoms with Gasteiger partial charge in [0, 0.05) is 11.1 Å². The number of aromatic nitrogens is 3. The predicted molar refractivity (Wildman–Crippen MR) is 91.1 cm³/mol. The molecule has 6 nitrogen and oxygen atoms in total. The van der Waals surface area contributed by atoms with Crippen LogP contribution in [0.25, 0.3) is 10.2 Å². The smallest absolute Gasteiger partial charge is 0.262 e. The molecule has 0 aliphatic heterocycles. The summed E-state index contributed by atoms with van der Waals surface area (Å²) >= 11 is 7.39. The molecule has 0 aliphatic carbocycles. The summed E-state index contributed by atoms with van der Waals surface area (Å²) < 4.78 is 1.29. The third-order valence-corrected chi connectivity index (χ3v) is 4.75. The Balaban J connectivity index is 1.84. The zero-order chi connectivity index (χ0) is 16.4. The van der Waals surface area contributed by atoms with Crippen molar-refractivity contribution in [2.75, 3.05) is 5.32 Å². The van der Waals surface area contributed by atoms with Gasteiger partial charge in [-0.3, -0.25) is 14.2 Å². The summed E-state index contributed by atoms with van der Waals surface area (Å²) in [5, 5.41) is 3.38. The van der Waals surface area contributed by atoms with Crippen molar-refractivity contribution in [3.05, 3.63) is 51.1 Å². The van der Waals surface area contributed by atoms with Gasteiger partial charge >= 0.3 is 0 Å². The molecule has 3 aromatic rings. The Morgan fingerprint density at radius 2 is 2.26 bits per heavy atom. The normalized spacial score (nSPS) is 10.9. The van der Waals surface area contributed by atoms with Crippen molar-refractivity contribution >= 4 is 44.7 Å². The molecular weight excluding hydrogens is 336 g/mol. The molecule has 1 N–H and O–H groups in total. The highest BCUT2D eigenvalue weighted by Crippen LogP contribution is 2.21. The lowest BCUT2D eigenvalue weighted by Crippen LogP contribution is -2.27. The van der Waals surface area contributed by atoms with Gasteiger partial charge in [-0.25, -0.2) is 9.97 Å². The topological polar surface area (TPSA) is 76.9 Å². The molecule has 3 heterocycles. The Kier molecular flexibility index (Phi) is 4.40. The fraction of sp³-hybridized carbons (Fsp3) is 0.200. The number of rotatable bonds is 4. The standard InChI is InChI=1S/C15H13ClN4O2S/c1-2-9-6-10-14(23-9)18-8-20(15(10)22)7-12(21)19-11-4-3-5-17-13(11)16/h3-6,8H,2,7H2,1H3,(H,19,21). The minimum Gasteiger partial charge on any atom is -0.322 e. The molecule has 3 aromatic heterocycles. The average Bonchev–Trinajstić information content (AvgIpc) is 2.96. The fourth-order valence-corrected chi connectivity index (χ4v) is 3.21. The highest BCUT2D eigenvalue weighted by molar-refractivity contribution is 7.18. The lowest BCUT2D eigenvalue weighted by molar-refractivity contribution is -0.116. The molecule has 0 radical (unpaired) electrons. The van der Waals surface area contributed by atoms with Gasteiger partial charge in [-0.15, -0.1) is 11.3 Å². The van der Waals surface area contributed by atoms with Gasteiger partial charge in [0.1, 0.15) is 11.4 Å². The van der Waals surface area contributed by atoms with E-state index in [0.717, 1.165) is 11.3 Å². The highest BCUT2D eigenvalue weighted by Gasteiger charge is 2.12. The van der Waals surface area contributed by atoms with Crippen molar-refractivity contribution in [1.29, 1.82) is 0 Å². The van der Waals surface area contributed by atoms with Gasteiger partial charge in [-0.2, -0.15) is 0 Å². The monoisotopic (exact) mass is 348 g/mol. The van der Waals surface area contributed by atoms with Crippen LogP contribution in [0.1, 0.15) is 11.8 Å². The van der Waals surface area contributed by atoms with E-state index in [1.807, 2.05) is 13.0 Å². The number of carbonyl (C=O) groups is 1. The predicted octanol–water partition coefficient (Wildman–Crippen LogP) is 2.71. The zero-order valence-corrected chi connectivity index (χ0v) is 13.8. The van der Waals surface area contributed by atoms with E-state index in [2.05, 4.69) is 15.3 Å². The number of nitrogens with one attached hydrogen (secondary N) is 1. The van der Waals surface area contributed by atoms with E-state index in [0.29, 0.717) is 15.9 Å². The number of anilines is 1. The van der Waals surface area contributed by atoms with E-state index < -0.39 is 0 Å². The fourth-order valence-electron chi connectivity index (χ4n) is 2.12. The van der Waals surface area contributed by atoms with Gasteiger partial charge in [0.15, 0.2) is 5.15 Å². The van der Waals surface area contributed by atoms with Crippen molar-refractivity contribution < 1.29 is 4.79 Å². The number of hydrogen-bond acceptors (Lipinski definition) is 5. The van der Waals surface area contributed by atoms with E-state index in [1.165, 1.54) is 28.4 Å². The molecule has 0 atom stereocenters. The Labute approximate surface area is 140 Å². The van der Waals surface area contributed by atoms with E-state index in [1.54, 1.807) is 12.1 Å². The van der Waals surface area contributed by atoms with Crippen LogP contribution in [0.4, 0.5) is 5.69 Å². The van der Waals surface area contributed by atoms with Crippen molar-refractivity contribution in [3.63, 3.8) is 0 Å². The van der Waals surface area contributed by atoms with Gasteiger partial charge in [0.25, 0.3) is 5.56 Å². The second-order valence-corrected chi connectivity index (χ2v) is 6.33. The van der Waals surface area contributed by atoms with Crippen LogP contribution >= 0.6 is 22.9 Å². The lowest BCUT2D eigenvalue weighted by Gasteiger charge is -2.07. The van der Waals surface area contributed by atoms with E-state index in [-0.39, 0.29) is 23.2 Å². The first-order valence-corrected chi connectivity index (χ1v) is 8.16. The molecule has 0 saturated carbocycles. The average molecular weight is 349 g/mol. The van der Waals surface area contributed by atoms with Crippen molar-refractivity contribution in [2.24, 2.45) is 0 Å². The first kappa shape index (κ1) is 15.6. The number of thiophene rings is 1. The van der Waals surface area contributed by atoms with Gasteiger partial charge in [-0.1, -0.05) is 18.5 Å². The SMILES string of the molecule is CCc1cc2c(=O)n(CC(=O)Nc3cccnc3Cl)cnc2s1. The molecule has 0 aliphatic rings. The number of halogens is 1. The number of pyridine rings is 1. The molecule has 23 heavy (non-hydrogen) atoms. The largest absolute Gasteiger partial charge is 0.322 e. The summed E-state index contributed by atoms with van der Waals surface area (Å²) in [5.74, 6) is -0.367. The number of amides is 1. The molecular formula is C15H13ClN4O2S. The van der Waals surface area contributed by atoms with Gasteiger partial charge in [0.05, 0.1) is 17.4 Å². The van der Waals surface area contributed by atoms with Crippen molar-refractivity contribution in [3.8, 4) is 0 Å². The summed E-state index contributed by atoms with van der Waals surface area (Å²) in [6.45, 7) is 1.89. The lowest BCUT2D eigenvalue weighted by atomic mass is 10.3. The molecule has 3 rings (SSSR count). The third kappa shape index (κ3) is 3.25. The van der Waals surface area contributed by atoms with Crippen molar-refractivity contribution in [1.82, 2.24) is 14.5 Å². The van der Waals surface area contributed by atoms with Gasteiger partial charge in [-0.05, 0) is 24.6 Å². The molecule has 0 aromatic carbocycles. The Hall–Kier alpha value is -2.25. The summed E-state index contributed by atoms with van der Waals surface area (Å²) in [5.41, 5.74) is 0.184. The van der Waals surface area contributed by atoms with Crippen LogP contribution in [-0.4, -0.2) is 20.4 Å². The third-order valence-electron chi connectivity index (χ3n) is 3.26. The van der Waals surface area contributed by atoms with E-state index >= 15 is 0 Å². The molecule has 0 saturated heterocycles.